The van der Waals surface area contributed by atoms with Crippen molar-refractivity contribution >= 4 is 46.0 Å². The first-order valence-corrected chi connectivity index (χ1v) is 16.7. The van der Waals surface area contributed by atoms with Gasteiger partial charge in [-0.2, -0.15) is 36.9 Å². The molecule has 2 heterocycles. The predicted molar refractivity (Wildman–Crippen MR) is 209 cm³/mol. The van der Waals surface area contributed by atoms with Gasteiger partial charge in [-0.05, 0) is 98.8 Å². The molecule has 57 heavy (non-hydrogen) atoms. The molecular formula is C39H42F6N10O2. The van der Waals surface area contributed by atoms with Gasteiger partial charge in [-0.15, -0.1) is 0 Å². The summed E-state index contributed by atoms with van der Waals surface area (Å²) in [4.78, 5) is 33.1. The van der Waals surface area contributed by atoms with Crippen molar-refractivity contribution in [2.75, 3.05) is 22.1 Å². The quantitative estimate of drug-likeness (QED) is 0.0571. The van der Waals surface area contributed by atoms with Gasteiger partial charge in [0, 0.05) is 69.7 Å². The number of carbonyl (C=O) groups excluding carboxylic acids is 2. The Morgan fingerprint density at radius 2 is 1.23 bits per heavy atom. The number of rotatable bonds is 8. The summed E-state index contributed by atoms with van der Waals surface area (Å²) in [6.07, 6.45) is -5.89. The van der Waals surface area contributed by atoms with Crippen LogP contribution >= 0.6 is 0 Å². The molecule has 1 fully saturated rings. The van der Waals surface area contributed by atoms with Crippen molar-refractivity contribution < 1.29 is 41.6 Å². The number of halogens is 6. The molecule has 0 aliphatic heterocycles. The minimum atomic E-state index is -4.55. The molecule has 8 N–H and O–H groups in total. The average Bonchev–Trinajstić information content (AvgIpc) is 3.96. The third kappa shape index (κ3) is 10.2. The Kier molecular flexibility index (Phi) is 12.5. The summed E-state index contributed by atoms with van der Waals surface area (Å²) in [5.41, 5.74) is 15.3. The van der Waals surface area contributed by atoms with Crippen LogP contribution in [-0.4, -0.2) is 45.6 Å². The first-order valence-electron chi connectivity index (χ1n) is 16.7. The maximum atomic E-state index is 12.8. The van der Waals surface area contributed by atoms with Gasteiger partial charge in [0.1, 0.15) is 23.5 Å². The Morgan fingerprint density at radius 3 is 1.63 bits per heavy atom. The fourth-order valence-electron chi connectivity index (χ4n) is 5.55. The number of nitrogens with two attached hydrogens (primary N) is 2. The van der Waals surface area contributed by atoms with Crippen LogP contribution in [0.3, 0.4) is 0 Å². The van der Waals surface area contributed by atoms with Crippen LogP contribution in [0.25, 0.3) is 0 Å². The minimum absolute atomic E-state index is 0. The molecule has 1 aliphatic carbocycles. The number of benzene rings is 2. The molecule has 0 bridgehead atoms. The average molecular weight is 797 g/mol. The van der Waals surface area contributed by atoms with Gasteiger partial charge in [0.15, 0.2) is 0 Å². The van der Waals surface area contributed by atoms with E-state index in [0.29, 0.717) is 39.5 Å². The lowest BCUT2D eigenvalue weighted by atomic mass is 10.0. The third-order valence-corrected chi connectivity index (χ3v) is 9.18. The number of nitrogen functional groups attached to an aromatic ring is 2. The lowest BCUT2D eigenvalue weighted by molar-refractivity contribution is -0.149. The normalized spacial score (nSPS) is 14.7. The molecule has 1 saturated carbocycles. The van der Waals surface area contributed by atoms with Crippen LogP contribution in [0.5, 0.6) is 0 Å². The number of aromatic nitrogens is 2. The summed E-state index contributed by atoms with van der Waals surface area (Å²) in [6.45, 7) is 6.74. The first kappa shape index (κ1) is 42.7. The highest BCUT2D eigenvalue weighted by Crippen LogP contribution is 2.51. The summed E-state index contributed by atoms with van der Waals surface area (Å²) in [5.74, 6) is -3.54. The van der Waals surface area contributed by atoms with E-state index in [2.05, 4.69) is 20.6 Å². The van der Waals surface area contributed by atoms with Gasteiger partial charge in [-0.3, -0.25) is 9.59 Å². The summed E-state index contributed by atoms with van der Waals surface area (Å²) < 4.78 is 75.3. The topological polar surface area (TPSA) is 231 Å². The molecular weight excluding hydrogens is 754 g/mol. The monoisotopic (exact) mass is 796 g/mol. The van der Waals surface area contributed by atoms with E-state index >= 15 is 0 Å². The maximum absolute atomic E-state index is 12.8. The zero-order valence-corrected chi connectivity index (χ0v) is 30.7. The van der Waals surface area contributed by atoms with Gasteiger partial charge in [0.05, 0.1) is 22.8 Å². The van der Waals surface area contributed by atoms with E-state index in [0.717, 1.165) is 0 Å². The number of hydrogen-bond donors (Lipinski definition) is 6. The van der Waals surface area contributed by atoms with Crippen molar-refractivity contribution in [1.29, 1.82) is 21.3 Å². The lowest BCUT2D eigenvalue weighted by Crippen LogP contribution is -2.18. The highest BCUT2D eigenvalue weighted by atomic mass is 19.4. The van der Waals surface area contributed by atoms with Crippen LogP contribution in [0.1, 0.15) is 77.6 Å². The van der Waals surface area contributed by atoms with Crippen LogP contribution in [0, 0.1) is 73.0 Å². The Labute approximate surface area is 328 Å². The van der Waals surface area contributed by atoms with Crippen molar-refractivity contribution in [3.63, 3.8) is 0 Å². The van der Waals surface area contributed by atoms with Gasteiger partial charge in [-0.25, -0.2) is 9.97 Å². The number of nitrogens with one attached hydrogen (secondary N) is 4. The highest BCUT2D eigenvalue weighted by molar-refractivity contribution is 6.12. The molecule has 2 atom stereocenters. The molecule has 2 unspecified atom stereocenters. The molecule has 2 aromatic heterocycles. The van der Waals surface area contributed by atoms with Crippen molar-refractivity contribution in [2.45, 2.75) is 46.5 Å². The van der Waals surface area contributed by atoms with E-state index in [1.54, 1.807) is 27.7 Å². The molecule has 5 rings (SSSR count). The van der Waals surface area contributed by atoms with E-state index in [-0.39, 0.29) is 69.2 Å². The Hall–Kier alpha value is -7.08. The number of allylic oxidation sites excluding steroid dienone is 2. The minimum Gasteiger partial charge on any atom is -0.398 e. The third-order valence-electron chi connectivity index (χ3n) is 9.18. The van der Waals surface area contributed by atoms with Crippen molar-refractivity contribution in [2.24, 2.45) is 11.8 Å². The van der Waals surface area contributed by atoms with E-state index < -0.39 is 41.7 Å². The zero-order valence-electron chi connectivity index (χ0n) is 30.7. The molecule has 2 amide bonds. The molecule has 0 saturated heterocycles. The molecule has 1 aliphatic rings. The Balaban J connectivity index is 0.00000111. The molecule has 302 valence electrons. The maximum Gasteiger partial charge on any atom is 0.409 e. The van der Waals surface area contributed by atoms with Crippen LogP contribution in [0.4, 0.5) is 49.1 Å². The number of nitriles is 2. The van der Waals surface area contributed by atoms with Crippen LogP contribution in [-0.2, 0) is 0 Å². The molecule has 4 aromatic rings. The standard InChI is InChI=1S/C20H18F3N5O.C19H16F3N5O.4H2/c1-9-10(2)18(27-8-11(9)7-24)19(29)28-12-3-4-16(25)14(5-12)17(26)13-6-15(13)20(21,22)23;1-10-11(2)17(26-9-12(10)8-23)18(28)27-13-3-4-15(24)14(7-13)16(25)5-6-19(20,21)22;;;;/h3-5,8,13,15,26H,6,25H2,1-2H3,(H,28,29);3-7,9,25H,24H2,1-2H3,(H,27,28);4*1H/b;6-5+,25-16?;;;;. The Bertz CT molecular complexity index is 2430. The van der Waals surface area contributed by atoms with Crippen molar-refractivity contribution in [3.8, 4) is 12.1 Å². The Morgan fingerprint density at radius 1 is 0.789 bits per heavy atom. The first-order chi connectivity index (χ1) is 26.6. The van der Waals surface area contributed by atoms with Crippen molar-refractivity contribution in [1.82, 2.24) is 9.97 Å². The second kappa shape index (κ2) is 16.7. The number of amides is 2. The summed E-state index contributed by atoms with van der Waals surface area (Å²) in [5, 5.41) is 39.1. The number of alkyl halides is 6. The summed E-state index contributed by atoms with van der Waals surface area (Å²) >= 11 is 0. The van der Waals surface area contributed by atoms with Crippen molar-refractivity contribution in [3.05, 3.63) is 117 Å². The largest absolute Gasteiger partial charge is 0.409 e. The van der Waals surface area contributed by atoms with E-state index in [4.69, 9.17) is 32.8 Å². The van der Waals surface area contributed by atoms with Gasteiger partial charge in [-0.1, -0.05) is 0 Å². The van der Waals surface area contributed by atoms with E-state index in [1.165, 1.54) is 48.8 Å². The predicted octanol–water partition coefficient (Wildman–Crippen LogP) is 8.85. The van der Waals surface area contributed by atoms with Crippen LogP contribution in [0.15, 0.2) is 60.9 Å². The second-order valence-corrected chi connectivity index (χ2v) is 13.0. The molecule has 12 nitrogen and oxygen atoms in total. The van der Waals surface area contributed by atoms with Gasteiger partial charge >= 0.3 is 12.4 Å². The molecule has 0 spiro atoms. The summed E-state index contributed by atoms with van der Waals surface area (Å²) in [6, 6.07) is 12.5. The number of anilines is 4. The summed E-state index contributed by atoms with van der Waals surface area (Å²) in [7, 11) is 0. The van der Waals surface area contributed by atoms with E-state index in [9.17, 15) is 35.9 Å². The van der Waals surface area contributed by atoms with Gasteiger partial charge in [0.2, 0.25) is 0 Å². The molecule has 0 radical (unpaired) electrons. The fraction of sp³-hybridized carbons (Fsp3) is 0.231. The highest BCUT2D eigenvalue weighted by Gasteiger charge is 2.57. The fourth-order valence-corrected chi connectivity index (χ4v) is 5.55. The van der Waals surface area contributed by atoms with Gasteiger partial charge < -0.3 is 32.9 Å². The van der Waals surface area contributed by atoms with E-state index in [1.807, 2.05) is 12.1 Å². The SMILES string of the molecule is Cc1c(C#N)cnc(C(=O)Nc2ccc(N)c(C(=N)/C=C/C(F)(F)F)c2)c1C.Cc1c(C#N)cnc(C(=O)Nc2ccc(N)c(C(=N)C3CC3C(F)(F)F)c2)c1C.[HH].[HH].[HH].[HH]. The van der Waals surface area contributed by atoms with Gasteiger partial charge in [0.25, 0.3) is 11.8 Å². The van der Waals surface area contributed by atoms with Crippen LogP contribution < -0.4 is 22.1 Å². The molecule has 2 aromatic carbocycles. The number of carbonyl (C=O) groups is 2. The smallest absolute Gasteiger partial charge is 0.398 e. The van der Waals surface area contributed by atoms with Crippen LogP contribution in [0.2, 0.25) is 0 Å². The zero-order chi connectivity index (χ0) is 42.6. The number of hydrogen-bond acceptors (Lipinski definition) is 10. The lowest BCUT2D eigenvalue weighted by Gasteiger charge is -2.13. The number of nitrogens with zero attached hydrogens (tertiary/aromatic N) is 4. The number of pyridine rings is 2. The second-order valence-electron chi connectivity index (χ2n) is 13.0. The molecule has 18 heteroatoms.